The summed E-state index contributed by atoms with van der Waals surface area (Å²) in [4.78, 5) is 33.0. The first kappa shape index (κ1) is 27.9. The van der Waals surface area contributed by atoms with Gasteiger partial charge in [0.25, 0.3) is 0 Å². The monoisotopic (exact) mass is 416 g/mol. The van der Waals surface area contributed by atoms with Crippen LogP contribution in [0, 0.1) is 17.8 Å². The van der Waals surface area contributed by atoms with Crippen LogP contribution in [0.4, 0.5) is 0 Å². The third kappa shape index (κ3) is 18.6. The first-order chi connectivity index (χ1) is 13.9. The van der Waals surface area contributed by atoms with Gasteiger partial charge in [0, 0.05) is 16.5 Å². The van der Waals surface area contributed by atoms with Gasteiger partial charge in [-0.2, -0.15) is 0 Å². The van der Waals surface area contributed by atoms with Crippen molar-refractivity contribution in [2.45, 2.75) is 118 Å². The molecule has 1 atom stereocenters. The summed E-state index contributed by atoms with van der Waals surface area (Å²) in [5.74, 6) is 0.139. The topological polar surface area (TPSA) is 71.1 Å². The second kappa shape index (κ2) is 18.9. The van der Waals surface area contributed by atoms with Gasteiger partial charge in [0.2, 0.25) is 0 Å². The summed E-state index contributed by atoms with van der Waals surface area (Å²) in [5, 5.41) is 8.67. The molecule has 0 rings (SSSR count). The molecule has 0 aliphatic rings. The Morgan fingerprint density at radius 2 is 1.17 bits per heavy atom. The molecule has 172 valence electrons. The Bertz CT molecular complexity index is 408. The van der Waals surface area contributed by atoms with E-state index in [0.717, 1.165) is 77.0 Å². The second-order valence-corrected chi connectivity index (χ2v) is 8.86. The Morgan fingerprint density at radius 3 is 1.76 bits per heavy atom. The van der Waals surface area contributed by atoms with Crippen LogP contribution < -0.4 is 0 Å². The number of rotatable bonds is 19. The minimum atomic E-state index is -0.529. The molecule has 0 fully saturated rings. The molecular formula is C23H44O6. The molecule has 0 heterocycles. The number of hydrogen-bond acceptors (Lipinski definition) is 6. The summed E-state index contributed by atoms with van der Waals surface area (Å²) >= 11 is 0. The van der Waals surface area contributed by atoms with Gasteiger partial charge < -0.3 is 0 Å². The molecule has 6 heteroatoms. The maximum atomic E-state index is 12.2. The summed E-state index contributed by atoms with van der Waals surface area (Å²) < 4.78 is 0. The summed E-state index contributed by atoms with van der Waals surface area (Å²) in [6.07, 6.45) is 12.2. The summed E-state index contributed by atoms with van der Waals surface area (Å²) in [7, 11) is 0. The number of hydrogen-bond donors (Lipinski definition) is 0. The van der Waals surface area contributed by atoms with Crippen molar-refractivity contribution in [2.24, 2.45) is 17.8 Å². The fourth-order valence-corrected chi connectivity index (χ4v) is 3.17. The Labute approximate surface area is 177 Å². The zero-order chi connectivity index (χ0) is 21.9. The molecule has 0 radical (unpaired) electrons. The van der Waals surface area contributed by atoms with E-state index in [0.29, 0.717) is 11.8 Å². The number of carbonyl (C=O) groups is 2. The van der Waals surface area contributed by atoms with Crippen molar-refractivity contribution < 1.29 is 29.4 Å². The van der Waals surface area contributed by atoms with E-state index in [1.54, 1.807) is 0 Å². The maximum Gasteiger partial charge on any atom is 0.348 e. The zero-order valence-electron chi connectivity index (χ0n) is 19.4. The van der Waals surface area contributed by atoms with E-state index in [9.17, 15) is 9.59 Å². The molecule has 1 unspecified atom stereocenters. The van der Waals surface area contributed by atoms with Gasteiger partial charge in [-0.3, -0.25) is 9.78 Å². The van der Waals surface area contributed by atoms with Gasteiger partial charge in [0.15, 0.2) is 0 Å². The van der Waals surface area contributed by atoms with Gasteiger partial charge in [-0.25, -0.2) is 9.59 Å². The predicted octanol–water partition coefficient (Wildman–Crippen LogP) is 6.87. The largest absolute Gasteiger partial charge is 0.348 e. The van der Waals surface area contributed by atoms with Crippen LogP contribution >= 0.6 is 0 Å². The van der Waals surface area contributed by atoms with Gasteiger partial charge in [0.1, 0.15) is 0 Å². The quantitative estimate of drug-likeness (QED) is 0.130. The SMILES string of the molecule is CCCCCC(CCCCC(C)C)C(=O)OOOOC(=O)CCCCCC(C)C. The minimum absolute atomic E-state index is 0.214. The van der Waals surface area contributed by atoms with Gasteiger partial charge >= 0.3 is 11.9 Å². The third-order valence-electron chi connectivity index (χ3n) is 5.01. The highest BCUT2D eigenvalue weighted by atomic mass is 17.7. The third-order valence-corrected chi connectivity index (χ3v) is 5.01. The minimum Gasteiger partial charge on any atom is -0.266 e. The van der Waals surface area contributed by atoms with Crippen LogP contribution in [0.15, 0.2) is 0 Å². The van der Waals surface area contributed by atoms with E-state index >= 15 is 0 Å². The molecule has 0 aliphatic carbocycles. The lowest BCUT2D eigenvalue weighted by molar-refractivity contribution is -0.600. The summed E-state index contributed by atoms with van der Waals surface area (Å²) in [6, 6.07) is 0. The van der Waals surface area contributed by atoms with Gasteiger partial charge in [-0.1, -0.05) is 92.4 Å². The van der Waals surface area contributed by atoms with E-state index in [4.69, 9.17) is 4.89 Å². The Balaban J connectivity index is 3.98. The molecule has 0 amide bonds. The lowest BCUT2D eigenvalue weighted by atomic mass is 9.94. The normalized spacial score (nSPS) is 12.4. The molecule has 0 N–H and O–H groups in total. The van der Waals surface area contributed by atoms with Crippen LogP contribution in [0.5, 0.6) is 0 Å². The lowest BCUT2D eigenvalue weighted by Crippen LogP contribution is -2.19. The highest BCUT2D eigenvalue weighted by molar-refractivity contribution is 5.71. The smallest absolute Gasteiger partial charge is 0.266 e. The molecule has 6 nitrogen and oxygen atoms in total. The van der Waals surface area contributed by atoms with Crippen molar-refractivity contribution in [3.8, 4) is 0 Å². The molecule has 0 aromatic carbocycles. The van der Waals surface area contributed by atoms with Crippen molar-refractivity contribution in [3.63, 3.8) is 0 Å². The molecule has 0 spiro atoms. The van der Waals surface area contributed by atoms with Crippen LogP contribution in [-0.4, -0.2) is 11.9 Å². The average molecular weight is 417 g/mol. The van der Waals surface area contributed by atoms with Crippen LogP contribution in [0.1, 0.15) is 118 Å². The van der Waals surface area contributed by atoms with Crippen LogP contribution in [0.3, 0.4) is 0 Å². The standard InChI is InChI=1S/C23H44O6/c1-6-7-9-16-21(17-13-12-15-20(4)5)23(25)27-29-28-26-22(24)18-11-8-10-14-19(2)3/h19-21H,6-18H2,1-5H3. The highest BCUT2D eigenvalue weighted by Gasteiger charge is 2.21. The fourth-order valence-electron chi connectivity index (χ4n) is 3.17. The predicted molar refractivity (Wildman–Crippen MR) is 113 cm³/mol. The Morgan fingerprint density at radius 1 is 0.655 bits per heavy atom. The molecule has 0 aliphatic heterocycles. The number of carbonyl (C=O) groups excluding carboxylic acids is 2. The van der Waals surface area contributed by atoms with Crippen LogP contribution in [-0.2, 0) is 29.4 Å². The average Bonchev–Trinajstić information content (AvgIpc) is 2.66. The number of unbranched alkanes of at least 4 members (excludes halogenated alkanes) is 5. The van der Waals surface area contributed by atoms with Gasteiger partial charge in [-0.05, 0) is 31.1 Å². The second-order valence-electron chi connectivity index (χ2n) is 8.86. The molecule has 0 bridgehead atoms. The summed E-state index contributed by atoms with van der Waals surface area (Å²) in [5.41, 5.74) is 0. The van der Waals surface area contributed by atoms with Crippen LogP contribution in [0.25, 0.3) is 0 Å². The first-order valence-electron chi connectivity index (χ1n) is 11.6. The molecule has 0 saturated heterocycles. The van der Waals surface area contributed by atoms with Gasteiger partial charge in [0.05, 0.1) is 5.92 Å². The van der Waals surface area contributed by atoms with E-state index in [1.165, 1.54) is 0 Å². The van der Waals surface area contributed by atoms with Crippen molar-refractivity contribution in [1.29, 1.82) is 0 Å². The Kier molecular flexibility index (Phi) is 18.1. The van der Waals surface area contributed by atoms with Crippen molar-refractivity contribution in [2.75, 3.05) is 0 Å². The van der Waals surface area contributed by atoms with Crippen molar-refractivity contribution in [1.82, 2.24) is 0 Å². The maximum absolute atomic E-state index is 12.2. The van der Waals surface area contributed by atoms with Crippen molar-refractivity contribution >= 4 is 11.9 Å². The Hall–Kier alpha value is -1.14. The van der Waals surface area contributed by atoms with E-state index in [1.807, 2.05) is 0 Å². The first-order valence-corrected chi connectivity index (χ1v) is 11.6. The van der Waals surface area contributed by atoms with E-state index < -0.39 is 11.9 Å². The molecule has 0 aromatic heterocycles. The van der Waals surface area contributed by atoms with E-state index in [2.05, 4.69) is 49.6 Å². The van der Waals surface area contributed by atoms with Crippen molar-refractivity contribution in [3.05, 3.63) is 0 Å². The highest BCUT2D eigenvalue weighted by Crippen LogP contribution is 2.20. The molecule has 29 heavy (non-hydrogen) atoms. The molecule has 0 aromatic rings. The van der Waals surface area contributed by atoms with E-state index in [-0.39, 0.29) is 12.3 Å². The van der Waals surface area contributed by atoms with Crippen LogP contribution in [0.2, 0.25) is 0 Å². The molecule has 0 saturated carbocycles. The summed E-state index contributed by atoms with van der Waals surface area (Å²) in [6.45, 7) is 10.9. The fraction of sp³-hybridized carbons (Fsp3) is 0.913. The van der Waals surface area contributed by atoms with Gasteiger partial charge in [-0.15, -0.1) is 0 Å². The lowest BCUT2D eigenvalue weighted by Gasteiger charge is -2.14. The molecular weight excluding hydrogens is 372 g/mol. The zero-order valence-corrected chi connectivity index (χ0v) is 19.4.